The monoisotopic (exact) mass is 313 g/mol. The third-order valence-electron chi connectivity index (χ3n) is 3.17. The first-order chi connectivity index (χ1) is 11.1. The van der Waals surface area contributed by atoms with Gasteiger partial charge >= 0.3 is 0 Å². The summed E-state index contributed by atoms with van der Waals surface area (Å²) in [7, 11) is 1.53. The Morgan fingerprint density at radius 2 is 1.70 bits per heavy atom. The van der Waals surface area contributed by atoms with Crippen molar-refractivity contribution in [3.63, 3.8) is 0 Å². The topological polar surface area (TPSA) is 93.5 Å². The fourth-order valence-corrected chi connectivity index (χ4v) is 2.04. The molecule has 23 heavy (non-hydrogen) atoms. The number of benzene rings is 2. The Morgan fingerprint density at radius 1 is 1.00 bits per heavy atom. The molecule has 0 heterocycles. The molecule has 0 bridgehead atoms. The molecule has 120 valence electrons. The van der Waals surface area contributed by atoms with Crippen LogP contribution in [0, 0.1) is 0 Å². The lowest BCUT2D eigenvalue weighted by molar-refractivity contribution is -0.116. The van der Waals surface area contributed by atoms with Gasteiger partial charge in [-0.05, 0) is 17.7 Å². The van der Waals surface area contributed by atoms with E-state index in [1.807, 2.05) is 30.3 Å². The Morgan fingerprint density at radius 3 is 2.35 bits per heavy atom. The highest BCUT2D eigenvalue weighted by Crippen LogP contribution is 2.27. The van der Waals surface area contributed by atoms with Gasteiger partial charge in [0.1, 0.15) is 5.75 Å². The minimum atomic E-state index is -0.350. The maximum atomic E-state index is 12.2. The van der Waals surface area contributed by atoms with Gasteiger partial charge < -0.3 is 21.1 Å². The molecule has 2 amide bonds. The lowest BCUT2D eigenvalue weighted by Gasteiger charge is -2.13. The van der Waals surface area contributed by atoms with Gasteiger partial charge in [-0.3, -0.25) is 9.59 Å². The van der Waals surface area contributed by atoms with Gasteiger partial charge in [0.2, 0.25) is 11.8 Å². The SMILES string of the molecule is COc1ccc(NC(=O)Cc2ccccc2)c(NC(=O)CN)c1. The van der Waals surface area contributed by atoms with Crippen molar-refractivity contribution in [2.24, 2.45) is 5.73 Å². The van der Waals surface area contributed by atoms with Crippen LogP contribution in [0.4, 0.5) is 11.4 Å². The predicted molar refractivity (Wildman–Crippen MR) is 89.5 cm³/mol. The number of hydrogen-bond acceptors (Lipinski definition) is 4. The Labute approximate surface area is 134 Å². The average molecular weight is 313 g/mol. The number of nitrogens with one attached hydrogen (secondary N) is 2. The molecule has 0 aromatic heterocycles. The highest BCUT2D eigenvalue weighted by molar-refractivity contribution is 6.00. The van der Waals surface area contributed by atoms with Crippen LogP contribution in [0.1, 0.15) is 5.56 Å². The summed E-state index contributed by atoms with van der Waals surface area (Å²) in [5.74, 6) is 0.0415. The van der Waals surface area contributed by atoms with E-state index in [4.69, 9.17) is 10.5 Å². The van der Waals surface area contributed by atoms with Gasteiger partial charge in [-0.1, -0.05) is 30.3 Å². The van der Waals surface area contributed by atoms with Crippen molar-refractivity contribution in [1.29, 1.82) is 0 Å². The second kappa shape index (κ2) is 7.95. The third-order valence-corrected chi connectivity index (χ3v) is 3.17. The number of methoxy groups -OCH3 is 1. The number of anilines is 2. The summed E-state index contributed by atoms with van der Waals surface area (Å²) in [5.41, 5.74) is 7.16. The van der Waals surface area contributed by atoms with E-state index in [1.54, 1.807) is 18.2 Å². The zero-order valence-electron chi connectivity index (χ0n) is 12.8. The van der Waals surface area contributed by atoms with E-state index in [0.717, 1.165) is 5.56 Å². The molecule has 2 rings (SSSR count). The first-order valence-corrected chi connectivity index (χ1v) is 7.14. The van der Waals surface area contributed by atoms with E-state index < -0.39 is 0 Å². The number of nitrogens with two attached hydrogens (primary N) is 1. The lowest BCUT2D eigenvalue weighted by atomic mass is 10.1. The molecule has 2 aromatic rings. The number of carbonyl (C=O) groups is 2. The van der Waals surface area contributed by atoms with Crippen LogP contribution in [0.25, 0.3) is 0 Å². The van der Waals surface area contributed by atoms with Gasteiger partial charge in [-0.15, -0.1) is 0 Å². The largest absolute Gasteiger partial charge is 0.497 e. The standard InChI is InChI=1S/C17H19N3O3/c1-23-13-7-8-14(15(10-13)20-17(22)11-18)19-16(21)9-12-5-3-2-4-6-12/h2-8,10H,9,11,18H2,1H3,(H,19,21)(H,20,22). The van der Waals surface area contributed by atoms with E-state index in [0.29, 0.717) is 17.1 Å². The molecule has 4 N–H and O–H groups in total. The van der Waals surface area contributed by atoms with Crippen molar-refractivity contribution in [2.45, 2.75) is 6.42 Å². The molecule has 0 aliphatic rings. The van der Waals surface area contributed by atoms with Crippen molar-refractivity contribution in [3.8, 4) is 5.75 Å². The smallest absolute Gasteiger partial charge is 0.238 e. The Bertz CT molecular complexity index is 687. The molecule has 0 saturated carbocycles. The minimum Gasteiger partial charge on any atom is -0.497 e. The molecular formula is C17H19N3O3. The first kappa shape index (κ1) is 16.5. The van der Waals surface area contributed by atoms with Gasteiger partial charge in [0.05, 0.1) is 31.5 Å². The van der Waals surface area contributed by atoms with E-state index >= 15 is 0 Å². The van der Waals surface area contributed by atoms with Crippen LogP contribution in [-0.4, -0.2) is 25.5 Å². The van der Waals surface area contributed by atoms with Gasteiger partial charge in [-0.25, -0.2) is 0 Å². The zero-order chi connectivity index (χ0) is 16.7. The molecule has 0 saturated heterocycles. The molecule has 0 unspecified atom stereocenters. The highest BCUT2D eigenvalue weighted by atomic mass is 16.5. The van der Waals surface area contributed by atoms with Crippen molar-refractivity contribution >= 4 is 23.2 Å². The summed E-state index contributed by atoms with van der Waals surface area (Å²) in [6, 6.07) is 14.4. The van der Waals surface area contributed by atoms with E-state index in [-0.39, 0.29) is 24.8 Å². The van der Waals surface area contributed by atoms with Crippen LogP contribution in [0.2, 0.25) is 0 Å². The Hall–Kier alpha value is -2.86. The fourth-order valence-electron chi connectivity index (χ4n) is 2.04. The third kappa shape index (κ3) is 4.82. The van der Waals surface area contributed by atoms with E-state index in [9.17, 15) is 9.59 Å². The summed E-state index contributed by atoms with van der Waals surface area (Å²) in [6.45, 7) is -0.144. The summed E-state index contributed by atoms with van der Waals surface area (Å²) in [5, 5.41) is 5.44. The number of rotatable bonds is 6. The van der Waals surface area contributed by atoms with E-state index in [2.05, 4.69) is 10.6 Å². The molecule has 6 heteroatoms. The Balaban J connectivity index is 2.14. The second-order valence-corrected chi connectivity index (χ2v) is 4.87. The molecule has 6 nitrogen and oxygen atoms in total. The van der Waals surface area contributed by atoms with Crippen LogP contribution in [0.5, 0.6) is 5.75 Å². The second-order valence-electron chi connectivity index (χ2n) is 4.87. The quantitative estimate of drug-likeness (QED) is 0.757. The summed E-state index contributed by atoms with van der Waals surface area (Å²) >= 11 is 0. The van der Waals surface area contributed by atoms with Gasteiger partial charge in [0, 0.05) is 6.07 Å². The molecule has 0 atom stereocenters. The molecule has 0 fully saturated rings. The molecule has 0 aliphatic heterocycles. The van der Waals surface area contributed by atoms with Crippen LogP contribution in [-0.2, 0) is 16.0 Å². The Kier molecular flexibility index (Phi) is 5.71. The van der Waals surface area contributed by atoms with E-state index in [1.165, 1.54) is 7.11 Å². The molecule has 0 radical (unpaired) electrons. The minimum absolute atomic E-state index is 0.144. The summed E-state index contributed by atoms with van der Waals surface area (Å²) < 4.78 is 5.13. The van der Waals surface area contributed by atoms with Crippen LogP contribution in [0.15, 0.2) is 48.5 Å². The number of hydrogen-bond donors (Lipinski definition) is 3. The van der Waals surface area contributed by atoms with Crippen molar-refractivity contribution in [3.05, 3.63) is 54.1 Å². The fraction of sp³-hybridized carbons (Fsp3) is 0.176. The maximum absolute atomic E-state index is 12.2. The molecular weight excluding hydrogens is 294 g/mol. The predicted octanol–water partition coefficient (Wildman–Crippen LogP) is 1.77. The first-order valence-electron chi connectivity index (χ1n) is 7.14. The van der Waals surface area contributed by atoms with Crippen LogP contribution in [0.3, 0.4) is 0 Å². The number of carbonyl (C=O) groups excluding carboxylic acids is 2. The molecule has 0 spiro atoms. The number of amides is 2. The molecule has 2 aromatic carbocycles. The lowest BCUT2D eigenvalue weighted by Crippen LogP contribution is -2.23. The number of ether oxygens (including phenoxy) is 1. The highest BCUT2D eigenvalue weighted by Gasteiger charge is 2.11. The average Bonchev–Trinajstić information content (AvgIpc) is 2.57. The van der Waals surface area contributed by atoms with Crippen LogP contribution < -0.4 is 21.1 Å². The van der Waals surface area contributed by atoms with Gasteiger partial charge in [-0.2, -0.15) is 0 Å². The maximum Gasteiger partial charge on any atom is 0.238 e. The van der Waals surface area contributed by atoms with Crippen molar-refractivity contribution < 1.29 is 14.3 Å². The van der Waals surface area contributed by atoms with Crippen molar-refractivity contribution in [2.75, 3.05) is 24.3 Å². The van der Waals surface area contributed by atoms with Crippen molar-refractivity contribution in [1.82, 2.24) is 0 Å². The zero-order valence-corrected chi connectivity index (χ0v) is 12.8. The normalized spacial score (nSPS) is 10.0. The summed E-state index contributed by atoms with van der Waals surface area (Å²) in [4.78, 5) is 23.7. The van der Waals surface area contributed by atoms with Gasteiger partial charge in [0.25, 0.3) is 0 Å². The van der Waals surface area contributed by atoms with Crippen LogP contribution >= 0.6 is 0 Å². The molecule has 0 aliphatic carbocycles. The summed E-state index contributed by atoms with van der Waals surface area (Å²) in [6.07, 6.45) is 0.247. The van der Waals surface area contributed by atoms with Gasteiger partial charge in [0.15, 0.2) is 0 Å².